The summed E-state index contributed by atoms with van der Waals surface area (Å²) < 4.78 is 0. The predicted octanol–water partition coefficient (Wildman–Crippen LogP) is 4.49. The number of nitro benzene ring substituents is 1. The van der Waals surface area contributed by atoms with Crippen LogP contribution in [0.1, 0.15) is 24.8 Å². The first-order valence-corrected chi connectivity index (χ1v) is 7.02. The maximum atomic E-state index is 10.9. The van der Waals surface area contributed by atoms with Crippen LogP contribution in [0.25, 0.3) is 11.1 Å². The second-order valence-corrected chi connectivity index (χ2v) is 5.45. The molecule has 0 radical (unpaired) electrons. The van der Waals surface area contributed by atoms with Gasteiger partial charge in [0.25, 0.3) is 5.69 Å². The molecule has 0 aliphatic heterocycles. The number of carboxylic acid groups (broad SMARTS) is 1. The van der Waals surface area contributed by atoms with E-state index in [1.165, 1.54) is 12.1 Å². The monoisotopic (exact) mass is 319 g/mol. The number of aliphatic carboxylic acids is 1. The third kappa shape index (κ3) is 3.62. The van der Waals surface area contributed by atoms with Crippen molar-refractivity contribution in [3.8, 4) is 11.1 Å². The van der Waals surface area contributed by atoms with Crippen molar-refractivity contribution in [3.63, 3.8) is 0 Å². The third-order valence-electron chi connectivity index (χ3n) is 3.41. The molecule has 0 spiro atoms. The number of hydrogen-bond acceptors (Lipinski definition) is 3. The second kappa shape index (κ2) is 6.58. The van der Waals surface area contributed by atoms with Crippen LogP contribution < -0.4 is 0 Å². The van der Waals surface area contributed by atoms with Gasteiger partial charge in [0.15, 0.2) is 0 Å². The lowest BCUT2D eigenvalue weighted by molar-refractivity contribution is -0.384. The molecule has 2 aromatic rings. The molecule has 1 N–H and O–H groups in total. The van der Waals surface area contributed by atoms with E-state index in [4.69, 9.17) is 16.7 Å². The van der Waals surface area contributed by atoms with Gasteiger partial charge in [-0.2, -0.15) is 0 Å². The van der Waals surface area contributed by atoms with Crippen molar-refractivity contribution < 1.29 is 14.8 Å². The third-order valence-corrected chi connectivity index (χ3v) is 3.74. The van der Waals surface area contributed by atoms with Gasteiger partial charge in [-0.05, 0) is 29.2 Å². The molecule has 0 saturated heterocycles. The first-order chi connectivity index (χ1) is 10.4. The zero-order valence-electron chi connectivity index (χ0n) is 11.8. The van der Waals surface area contributed by atoms with Gasteiger partial charge >= 0.3 is 5.97 Å². The van der Waals surface area contributed by atoms with Gasteiger partial charge in [-0.3, -0.25) is 14.9 Å². The average Bonchev–Trinajstić information content (AvgIpc) is 2.47. The Bertz CT molecular complexity index is 730. The molecule has 1 atom stereocenters. The molecule has 6 heteroatoms. The van der Waals surface area contributed by atoms with E-state index in [9.17, 15) is 14.9 Å². The van der Waals surface area contributed by atoms with E-state index >= 15 is 0 Å². The molecule has 0 aliphatic carbocycles. The highest BCUT2D eigenvalue weighted by Crippen LogP contribution is 2.33. The van der Waals surface area contributed by atoms with Crippen molar-refractivity contribution in [3.05, 3.63) is 63.2 Å². The smallest absolute Gasteiger partial charge is 0.303 e. The minimum atomic E-state index is -0.876. The molecule has 2 rings (SSSR count). The van der Waals surface area contributed by atoms with Crippen molar-refractivity contribution in [1.29, 1.82) is 0 Å². The highest BCUT2D eigenvalue weighted by Gasteiger charge is 2.14. The Labute approximate surface area is 132 Å². The summed E-state index contributed by atoms with van der Waals surface area (Å²) in [5, 5.41) is 20.2. The minimum Gasteiger partial charge on any atom is -0.481 e. The van der Waals surface area contributed by atoms with Crippen LogP contribution in [-0.2, 0) is 4.79 Å². The Hall–Kier alpha value is -2.40. The fourth-order valence-electron chi connectivity index (χ4n) is 2.24. The molecule has 0 heterocycles. The lowest BCUT2D eigenvalue weighted by Gasteiger charge is -2.12. The number of nitrogens with zero attached hydrogens (tertiary/aromatic N) is 1. The van der Waals surface area contributed by atoms with Crippen LogP contribution in [0.4, 0.5) is 5.69 Å². The van der Waals surface area contributed by atoms with E-state index in [-0.39, 0.29) is 18.0 Å². The largest absolute Gasteiger partial charge is 0.481 e. The second-order valence-electron chi connectivity index (χ2n) is 5.05. The number of halogens is 1. The summed E-state index contributed by atoms with van der Waals surface area (Å²) in [4.78, 5) is 21.2. The van der Waals surface area contributed by atoms with Crippen LogP contribution in [-0.4, -0.2) is 16.0 Å². The Balaban J connectivity index is 2.44. The van der Waals surface area contributed by atoms with Gasteiger partial charge in [0.2, 0.25) is 0 Å². The summed E-state index contributed by atoms with van der Waals surface area (Å²) in [5.74, 6) is -1.05. The zero-order valence-corrected chi connectivity index (χ0v) is 12.6. The Morgan fingerprint density at radius 2 is 2.05 bits per heavy atom. The summed E-state index contributed by atoms with van der Waals surface area (Å²) in [6.45, 7) is 1.81. The van der Waals surface area contributed by atoms with Crippen LogP contribution >= 0.6 is 11.6 Å². The topological polar surface area (TPSA) is 80.4 Å². The maximum Gasteiger partial charge on any atom is 0.303 e. The van der Waals surface area contributed by atoms with E-state index in [0.717, 1.165) is 5.56 Å². The molecule has 0 aliphatic rings. The Morgan fingerprint density at radius 3 is 2.68 bits per heavy atom. The Kier molecular flexibility index (Phi) is 4.78. The first kappa shape index (κ1) is 16.0. The molecule has 1 unspecified atom stereocenters. The highest BCUT2D eigenvalue weighted by molar-refractivity contribution is 6.33. The van der Waals surface area contributed by atoms with E-state index in [1.54, 1.807) is 30.3 Å². The van der Waals surface area contributed by atoms with Crippen LogP contribution in [0.5, 0.6) is 0 Å². The minimum absolute atomic E-state index is 0.00993. The molecule has 0 aromatic heterocycles. The number of rotatable bonds is 5. The maximum absolute atomic E-state index is 10.9. The average molecular weight is 320 g/mol. The SMILES string of the molecule is CC(CC(=O)O)c1ccc(Cl)c(-c2cccc([N+](=O)[O-])c2)c1. The van der Waals surface area contributed by atoms with Gasteiger partial charge in [-0.1, -0.05) is 36.7 Å². The van der Waals surface area contributed by atoms with Crippen molar-refractivity contribution >= 4 is 23.3 Å². The fraction of sp³-hybridized carbons (Fsp3) is 0.188. The molecule has 2 aromatic carbocycles. The van der Waals surface area contributed by atoms with E-state index in [0.29, 0.717) is 16.1 Å². The summed E-state index contributed by atoms with van der Waals surface area (Å²) >= 11 is 6.19. The quantitative estimate of drug-likeness (QED) is 0.650. The number of benzene rings is 2. The molecule has 5 nitrogen and oxygen atoms in total. The molecule has 114 valence electrons. The first-order valence-electron chi connectivity index (χ1n) is 6.64. The molecule has 0 amide bonds. The number of hydrogen-bond donors (Lipinski definition) is 1. The lowest BCUT2D eigenvalue weighted by Crippen LogP contribution is -2.03. The predicted molar refractivity (Wildman–Crippen MR) is 84.2 cm³/mol. The molecular weight excluding hydrogens is 306 g/mol. The normalized spacial score (nSPS) is 11.9. The van der Waals surface area contributed by atoms with Gasteiger partial charge < -0.3 is 5.11 Å². The van der Waals surface area contributed by atoms with Crippen molar-refractivity contribution in [2.45, 2.75) is 19.3 Å². The molecule has 22 heavy (non-hydrogen) atoms. The number of carbonyl (C=O) groups is 1. The summed E-state index contributed by atoms with van der Waals surface area (Å²) in [6, 6.07) is 11.4. The van der Waals surface area contributed by atoms with Gasteiger partial charge in [0.05, 0.1) is 11.3 Å². The van der Waals surface area contributed by atoms with Crippen LogP contribution in [0.15, 0.2) is 42.5 Å². The van der Waals surface area contributed by atoms with Crippen molar-refractivity contribution in [2.75, 3.05) is 0 Å². The lowest BCUT2D eigenvalue weighted by atomic mass is 9.94. The molecule has 0 fully saturated rings. The summed E-state index contributed by atoms with van der Waals surface area (Å²) in [5.41, 5.74) is 2.09. The van der Waals surface area contributed by atoms with Gasteiger partial charge in [0, 0.05) is 22.7 Å². The summed E-state index contributed by atoms with van der Waals surface area (Å²) in [7, 11) is 0. The van der Waals surface area contributed by atoms with Gasteiger partial charge in [-0.15, -0.1) is 0 Å². The van der Waals surface area contributed by atoms with E-state index in [2.05, 4.69) is 0 Å². The number of non-ortho nitro benzene ring substituents is 1. The highest BCUT2D eigenvalue weighted by atomic mass is 35.5. The van der Waals surface area contributed by atoms with Crippen LogP contribution in [0, 0.1) is 10.1 Å². The number of nitro groups is 1. The van der Waals surface area contributed by atoms with Gasteiger partial charge in [0.1, 0.15) is 0 Å². The molecular formula is C16H14ClNO4. The Morgan fingerprint density at radius 1 is 1.32 bits per heavy atom. The zero-order chi connectivity index (χ0) is 16.3. The van der Waals surface area contributed by atoms with Crippen LogP contribution in [0.3, 0.4) is 0 Å². The van der Waals surface area contributed by atoms with E-state index in [1.807, 2.05) is 6.92 Å². The fourth-order valence-corrected chi connectivity index (χ4v) is 2.46. The standard InChI is InChI=1S/C16H14ClNO4/c1-10(7-16(19)20)11-5-6-15(17)14(9-11)12-3-2-4-13(8-12)18(21)22/h2-6,8-10H,7H2,1H3,(H,19,20). The summed E-state index contributed by atoms with van der Waals surface area (Å²) in [6.07, 6.45) is 0.00993. The number of carboxylic acids is 1. The molecule has 0 bridgehead atoms. The van der Waals surface area contributed by atoms with Crippen LogP contribution in [0.2, 0.25) is 5.02 Å². The molecule has 0 saturated carbocycles. The van der Waals surface area contributed by atoms with Gasteiger partial charge in [-0.25, -0.2) is 0 Å². The van der Waals surface area contributed by atoms with Crippen molar-refractivity contribution in [2.24, 2.45) is 0 Å². The van der Waals surface area contributed by atoms with Crippen molar-refractivity contribution in [1.82, 2.24) is 0 Å². The van der Waals surface area contributed by atoms with E-state index < -0.39 is 10.9 Å².